The molecule has 3 aromatic carbocycles. The number of fused-ring (bicyclic) bond motifs is 1. The van der Waals surface area contributed by atoms with E-state index in [1.807, 2.05) is 20.8 Å². The molecule has 0 radical (unpaired) electrons. The minimum Gasteiger partial charge on any atom is -0.496 e. The van der Waals surface area contributed by atoms with Gasteiger partial charge in [0.1, 0.15) is 5.75 Å². The SMILES string of the molecule is CCC(C)(C)c1cc(-n2ccc(=O)[nH]c2=O)c(F)c(-c2ccc3cc(NS(C)(=O)=O)ccc3c2)c1OC. The highest BCUT2D eigenvalue weighted by atomic mass is 32.2. The summed E-state index contributed by atoms with van der Waals surface area (Å²) in [5.41, 5.74) is 0.0234. The highest BCUT2D eigenvalue weighted by molar-refractivity contribution is 7.92. The zero-order chi connectivity index (χ0) is 27.1. The molecule has 0 aliphatic carbocycles. The summed E-state index contributed by atoms with van der Waals surface area (Å²) in [5, 5.41) is 1.50. The van der Waals surface area contributed by atoms with Crippen molar-refractivity contribution in [3.05, 3.63) is 86.9 Å². The van der Waals surface area contributed by atoms with Gasteiger partial charge in [0, 0.05) is 23.5 Å². The van der Waals surface area contributed by atoms with E-state index in [-0.39, 0.29) is 11.3 Å². The number of nitrogens with one attached hydrogen (secondary N) is 2. The standard InChI is InChI=1S/C27H28FN3O5S/c1-6-27(2,3)20-15-21(31-12-11-22(32)29-26(31)33)24(28)23(25(20)36-4)18-8-7-17-14-19(30-37(5,34)35)10-9-16(17)13-18/h7-15,30H,6H2,1-5H3,(H,29,32,33). The van der Waals surface area contributed by atoms with Crippen LogP contribution in [0.15, 0.2) is 64.3 Å². The minimum atomic E-state index is -3.44. The van der Waals surface area contributed by atoms with Crippen LogP contribution in [-0.2, 0) is 15.4 Å². The van der Waals surface area contributed by atoms with Gasteiger partial charge in [0.25, 0.3) is 5.56 Å². The molecule has 1 aromatic heterocycles. The summed E-state index contributed by atoms with van der Waals surface area (Å²) in [6.45, 7) is 6.01. The van der Waals surface area contributed by atoms with E-state index in [0.29, 0.717) is 29.0 Å². The topological polar surface area (TPSA) is 110 Å². The molecule has 0 saturated carbocycles. The molecular weight excluding hydrogens is 497 g/mol. The maximum atomic E-state index is 16.3. The summed E-state index contributed by atoms with van der Waals surface area (Å²) in [4.78, 5) is 26.4. The molecule has 0 amide bonds. The van der Waals surface area contributed by atoms with Crippen molar-refractivity contribution in [3.63, 3.8) is 0 Å². The maximum Gasteiger partial charge on any atom is 0.333 e. The van der Waals surface area contributed by atoms with E-state index in [0.717, 1.165) is 27.7 Å². The second-order valence-corrected chi connectivity index (χ2v) is 11.3. The third-order valence-corrected chi connectivity index (χ3v) is 7.14. The molecule has 8 nitrogen and oxygen atoms in total. The van der Waals surface area contributed by atoms with Gasteiger partial charge in [-0.2, -0.15) is 0 Å². The highest BCUT2D eigenvalue weighted by Crippen LogP contribution is 2.45. The van der Waals surface area contributed by atoms with Crippen molar-refractivity contribution < 1.29 is 17.5 Å². The molecule has 2 N–H and O–H groups in total. The van der Waals surface area contributed by atoms with Gasteiger partial charge in [0.05, 0.1) is 24.6 Å². The van der Waals surface area contributed by atoms with Crippen LogP contribution in [0.2, 0.25) is 0 Å². The van der Waals surface area contributed by atoms with E-state index in [1.165, 1.54) is 13.3 Å². The van der Waals surface area contributed by atoms with E-state index >= 15 is 4.39 Å². The van der Waals surface area contributed by atoms with Gasteiger partial charge in [-0.1, -0.05) is 39.0 Å². The van der Waals surface area contributed by atoms with Gasteiger partial charge >= 0.3 is 5.69 Å². The summed E-state index contributed by atoms with van der Waals surface area (Å²) >= 11 is 0. The number of hydrogen-bond donors (Lipinski definition) is 2. The Balaban J connectivity index is 2.02. The van der Waals surface area contributed by atoms with Gasteiger partial charge in [-0.15, -0.1) is 0 Å². The Bertz CT molecular complexity index is 1740. The normalized spacial score (nSPS) is 12.1. The lowest BCUT2D eigenvalue weighted by Crippen LogP contribution is -2.29. The Morgan fingerprint density at radius 3 is 2.35 bits per heavy atom. The number of benzene rings is 3. The molecule has 0 saturated heterocycles. The van der Waals surface area contributed by atoms with E-state index in [4.69, 9.17) is 4.74 Å². The highest BCUT2D eigenvalue weighted by Gasteiger charge is 2.30. The first-order valence-corrected chi connectivity index (χ1v) is 13.5. The van der Waals surface area contributed by atoms with E-state index in [9.17, 15) is 18.0 Å². The average Bonchev–Trinajstić information content (AvgIpc) is 2.82. The largest absolute Gasteiger partial charge is 0.496 e. The number of nitrogens with zero attached hydrogens (tertiary/aromatic N) is 1. The number of rotatable bonds is 7. The smallest absolute Gasteiger partial charge is 0.333 e. The summed E-state index contributed by atoms with van der Waals surface area (Å²) in [7, 11) is -1.96. The quantitative estimate of drug-likeness (QED) is 0.368. The Hall–Kier alpha value is -3.92. The Kier molecular flexibility index (Phi) is 6.72. The predicted molar refractivity (Wildman–Crippen MR) is 144 cm³/mol. The number of H-pyrrole nitrogens is 1. The van der Waals surface area contributed by atoms with Gasteiger partial charge in [0.15, 0.2) is 5.82 Å². The number of aromatic nitrogens is 2. The second kappa shape index (κ2) is 9.51. The first kappa shape index (κ1) is 26.2. The van der Waals surface area contributed by atoms with Crippen LogP contribution >= 0.6 is 0 Å². The first-order valence-electron chi connectivity index (χ1n) is 11.6. The molecule has 0 aliphatic heterocycles. The van der Waals surface area contributed by atoms with Gasteiger partial charge in [-0.25, -0.2) is 17.6 Å². The van der Waals surface area contributed by atoms with Crippen LogP contribution in [-0.4, -0.2) is 31.3 Å². The number of methoxy groups -OCH3 is 1. The van der Waals surface area contributed by atoms with Crippen LogP contribution < -0.4 is 20.7 Å². The van der Waals surface area contributed by atoms with Crippen molar-refractivity contribution in [3.8, 4) is 22.6 Å². The van der Waals surface area contributed by atoms with Gasteiger partial charge in [-0.3, -0.25) is 19.1 Å². The molecule has 10 heteroatoms. The van der Waals surface area contributed by atoms with Crippen LogP contribution in [0.3, 0.4) is 0 Å². The summed E-state index contributed by atoms with van der Waals surface area (Å²) in [5.74, 6) is -0.336. The molecule has 0 fully saturated rings. The fourth-order valence-corrected chi connectivity index (χ4v) is 4.81. The number of ether oxygens (including phenoxy) is 1. The molecule has 0 spiro atoms. The molecule has 0 atom stereocenters. The fraction of sp³-hybridized carbons (Fsp3) is 0.259. The Labute approximate surface area is 213 Å². The Morgan fingerprint density at radius 1 is 1.05 bits per heavy atom. The second-order valence-electron chi connectivity index (χ2n) is 9.53. The summed E-state index contributed by atoms with van der Waals surface area (Å²) in [6.07, 6.45) is 3.03. The van der Waals surface area contributed by atoms with Gasteiger partial charge in [0.2, 0.25) is 10.0 Å². The number of anilines is 1. The zero-order valence-electron chi connectivity index (χ0n) is 21.2. The number of aromatic amines is 1. The lowest BCUT2D eigenvalue weighted by Gasteiger charge is -2.28. The monoisotopic (exact) mass is 525 g/mol. The van der Waals surface area contributed by atoms with Crippen molar-refractivity contribution in [1.82, 2.24) is 9.55 Å². The third kappa shape index (κ3) is 5.15. The zero-order valence-corrected chi connectivity index (χ0v) is 22.0. The minimum absolute atomic E-state index is 0.0126. The van der Waals surface area contributed by atoms with E-state index in [2.05, 4.69) is 9.71 Å². The van der Waals surface area contributed by atoms with Crippen molar-refractivity contribution in [2.45, 2.75) is 32.6 Å². The van der Waals surface area contributed by atoms with Crippen molar-refractivity contribution in [1.29, 1.82) is 0 Å². The van der Waals surface area contributed by atoms with Crippen LogP contribution in [0.1, 0.15) is 32.8 Å². The van der Waals surface area contributed by atoms with Crippen LogP contribution in [0, 0.1) is 5.82 Å². The fourth-order valence-electron chi connectivity index (χ4n) is 4.25. The van der Waals surface area contributed by atoms with Gasteiger partial charge in [-0.05, 0) is 52.4 Å². The first-order chi connectivity index (χ1) is 17.3. The number of sulfonamides is 1. The van der Waals surface area contributed by atoms with Crippen molar-refractivity contribution >= 4 is 26.5 Å². The lowest BCUT2D eigenvalue weighted by atomic mass is 9.79. The van der Waals surface area contributed by atoms with E-state index < -0.39 is 32.5 Å². The molecule has 37 heavy (non-hydrogen) atoms. The van der Waals surface area contributed by atoms with Crippen LogP contribution in [0.5, 0.6) is 5.75 Å². The summed E-state index contributed by atoms with van der Waals surface area (Å²) < 4.78 is 48.8. The molecule has 194 valence electrons. The average molecular weight is 526 g/mol. The third-order valence-electron chi connectivity index (χ3n) is 6.53. The molecule has 0 unspecified atom stereocenters. The number of hydrogen-bond acceptors (Lipinski definition) is 5. The van der Waals surface area contributed by atoms with Gasteiger partial charge < -0.3 is 4.74 Å². The molecule has 0 aliphatic rings. The van der Waals surface area contributed by atoms with Crippen LogP contribution in [0.25, 0.3) is 27.6 Å². The van der Waals surface area contributed by atoms with Crippen molar-refractivity contribution in [2.75, 3.05) is 18.1 Å². The molecule has 4 aromatic rings. The molecule has 4 rings (SSSR count). The van der Waals surface area contributed by atoms with Crippen LogP contribution in [0.4, 0.5) is 10.1 Å². The number of halogens is 1. The molecule has 0 bridgehead atoms. The molecular formula is C27H28FN3O5S. The maximum absolute atomic E-state index is 16.3. The molecule has 1 heterocycles. The summed E-state index contributed by atoms with van der Waals surface area (Å²) in [6, 6.07) is 13.1. The lowest BCUT2D eigenvalue weighted by molar-refractivity contribution is 0.387. The predicted octanol–water partition coefficient (Wildman–Crippen LogP) is 4.55. The van der Waals surface area contributed by atoms with Crippen molar-refractivity contribution in [2.24, 2.45) is 0 Å². The van der Waals surface area contributed by atoms with E-state index in [1.54, 1.807) is 42.5 Å². The Morgan fingerprint density at radius 2 is 1.73 bits per heavy atom.